The standard InChI is InChI=1S/C13H28N2O/c1-3-4-7-15-10-12(6-5-8-16)9-13(11-15)14-2/h12-14,16H,3-11H2,1-2H3. The molecule has 2 N–H and O–H groups in total. The number of unbranched alkanes of at least 4 members (excludes halogenated alkanes) is 1. The fraction of sp³-hybridized carbons (Fsp3) is 1.00. The maximum Gasteiger partial charge on any atom is 0.0431 e. The second kappa shape index (κ2) is 8.04. The lowest BCUT2D eigenvalue weighted by atomic mass is 9.90. The van der Waals surface area contributed by atoms with Gasteiger partial charge in [-0.15, -0.1) is 0 Å². The summed E-state index contributed by atoms with van der Waals surface area (Å²) in [6.45, 7) is 6.27. The van der Waals surface area contributed by atoms with E-state index in [0.717, 1.165) is 12.3 Å². The number of aliphatic hydroxyl groups is 1. The lowest BCUT2D eigenvalue weighted by Gasteiger charge is -2.37. The minimum atomic E-state index is 0.343. The van der Waals surface area contributed by atoms with Gasteiger partial charge in [-0.25, -0.2) is 0 Å². The molecule has 3 nitrogen and oxygen atoms in total. The van der Waals surface area contributed by atoms with Gasteiger partial charge in [0.2, 0.25) is 0 Å². The summed E-state index contributed by atoms with van der Waals surface area (Å²) in [5, 5.41) is 12.3. The number of likely N-dealkylation sites (tertiary alicyclic amines) is 1. The lowest BCUT2D eigenvalue weighted by molar-refractivity contribution is 0.131. The topological polar surface area (TPSA) is 35.5 Å². The third kappa shape index (κ3) is 4.81. The van der Waals surface area contributed by atoms with Crippen molar-refractivity contribution in [1.82, 2.24) is 10.2 Å². The zero-order chi connectivity index (χ0) is 11.8. The molecule has 0 bridgehead atoms. The van der Waals surface area contributed by atoms with E-state index >= 15 is 0 Å². The van der Waals surface area contributed by atoms with E-state index in [1.165, 1.54) is 45.3 Å². The molecule has 16 heavy (non-hydrogen) atoms. The maximum atomic E-state index is 8.90. The van der Waals surface area contributed by atoms with Gasteiger partial charge < -0.3 is 15.3 Å². The van der Waals surface area contributed by atoms with Crippen LogP contribution in [0.4, 0.5) is 0 Å². The molecular formula is C13H28N2O. The smallest absolute Gasteiger partial charge is 0.0431 e. The van der Waals surface area contributed by atoms with Crippen molar-refractivity contribution in [3.63, 3.8) is 0 Å². The SMILES string of the molecule is CCCCN1CC(CCCO)CC(NC)C1. The fourth-order valence-corrected chi connectivity index (χ4v) is 2.67. The molecule has 0 aliphatic carbocycles. The summed E-state index contributed by atoms with van der Waals surface area (Å²) in [7, 11) is 2.07. The van der Waals surface area contributed by atoms with Crippen LogP contribution in [0, 0.1) is 5.92 Å². The lowest BCUT2D eigenvalue weighted by Crippen LogP contribution is -2.48. The summed E-state index contributed by atoms with van der Waals surface area (Å²) in [6.07, 6.45) is 6.00. The molecule has 0 amide bonds. The summed E-state index contributed by atoms with van der Waals surface area (Å²) >= 11 is 0. The van der Waals surface area contributed by atoms with E-state index in [4.69, 9.17) is 5.11 Å². The number of likely N-dealkylation sites (N-methyl/N-ethyl adjacent to an activating group) is 1. The molecule has 1 rings (SSSR count). The number of nitrogens with zero attached hydrogens (tertiary/aromatic N) is 1. The Hall–Kier alpha value is -0.120. The largest absolute Gasteiger partial charge is 0.396 e. The van der Waals surface area contributed by atoms with E-state index in [2.05, 4.69) is 24.2 Å². The molecule has 1 aliphatic heterocycles. The Morgan fingerprint density at radius 2 is 2.12 bits per heavy atom. The minimum absolute atomic E-state index is 0.343. The van der Waals surface area contributed by atoms with Crippen molar-refractivity contribution < 1.29 is 5.11 Å². The Balaban J connectivity index is 2.34. The van der Waals surface area contributed by atoms with Crippen LogP contribution in [0.1, 0.15) is 39.0 Å². The molecular weight excluding hydrogens is 200 g/mol. The first-order chi connectivity index (χ1) is 7.80. The molecule has 3 heteroatoms. The molecule has 1 aliphatic rings. The molecule has 1 fully saturated rings. The van der Waals surface area contributed by atoms with Gasteiger partial charge >= 0.3 is 0 Å². The fourth-order valence-electron chi connectivity index (χ4n) is 2.67. The second-order valence-electron chi connectivity index (χ2n) is 5.07. The van der Waals surface area contributed by atoms with Crippen LogP contribution in [0.2, 0.25) is 0 Å². The van der Waals surface area contributed by atoms with E-state index in [9.17, 15) is 0 Å². The Morgan fingerprint density at radius 3 is 2.75 bits per heavy atom. The van der Waals surface area contributed by atoms with Crippen LogP contribution in [0.3, 0.4) is 0 Å². The Labute approximate surface area is 100 Å². The highest BCUT2D eigenvalue weighted by Gasteiger charge is 2.25. The van der Waals surface area contributed by atoms with E-state index in [1.807, 2.05) is 0 Å². The highest BCUT2D eigenvalue weighted by molar-refractivity contribution is 4.82. The normalized spacial score (nSPS) is 27.2. The number of nitrogens with one attached hydrogen (secondary N) is 1. The van der Waals surface area contributed by atoms with Crippen LogP contribution >= 0.6 is 0 Å². The number of piperidine rings is 1. The van der Waals surface area contributed by atoms with Gasteiger partial charge in [-0.2, -0.15) is 0 Å². The molecule has 0 spiro atoms. The van der Waals surface area contributed by atoms with Crippen LogP contribution in [-0.2, 0) is 0 Å². The highest BCUT2D eigenvalue weighted by atomic mass is 16.2. The molecule has 96 valence electrons. The minimum Gasteiger partial charge on any atom is -0.396 e. The summed E-state index contributed by atoms with van der Waals surface area (Å²) in [4.78, 5) is 2.59. The molecule has 0 aromatic carbocycles. The average Bonchev–Trinajstić information content (AvgIpc) is 2.33. The molecule has 1 heterocycles. The van der Waals surface area contributed by atoms with E-state index < -0.39 is 0 Å². The molecule has 0 saturated carbocycles. The van der Waals surface area contributed by atoms with Crippen molar-refractivity contribution in [2.24, 2.45) is 5.92 Å². The first-order valence-corrected chi connectivity index (χ1v) is 6.80. The van der Waals surface area contributed by atoms with Crippen molar-refractivity contribution in [3.05, 3.63) is 0 Å². The van der Waals surface area contributed by atoms with E-state index in [0.29, 0.717) is 12.6 Å². The number of rotatable bonds is 7. The predicted molar refractivity (Wildman–Crippen MR) is 68.6 cm³/mol. The summed E-state index contributed by atoms with van der Waals surface area (Å²) in [5.74, 6) is 0.773. The quantitative estimate of drug-likeness (QED) is 0.692. The van der Waals surface area contributed by atoms with Gasteiger partial charge in [-0.3, -0.25) is 0 Å². The van der Waals surface area contributed by atoms with Gasteiger partial charge in [-0.05, 0) is 45.2 Å². The average molecular weight is 228 g/mol. The maximum absolute atomic E-state index is 8.90. The third-order valence-corrected chi connectivity index (χ3v) is 3.62. The van der Waals surface area contributed by atoms with Crippen LogP contribution in [0.5, 0.6) is 0 Å². The summed E-state index contributed by atoms with van der Waals surface area (Å²) < 4.78 is 0. The molecule has 0 aromatic rings. The molecule has 0 aromatic heterocycles. The number of aliphatic hydroxyl groups excluding tert-OH is 1. The van der Waals surface area contributed by atoms with Crippen LogP contribution < -0.4 is 5.32 Å². The molecule has 1 saturated heterocycles. The molecule has 0 radical (unpaired) electrons. The number of hydrogen-bond acceptors (Lipinski definition) is 3. The second-order valence-corrected chi connectivity index (χ2v) is 5.07. The van der Waals surface area contributed by atoms with Crippen molar-refractivity contribution in [1.29, 1.82) is 0 Å². The van der Waals surface area contributed by atoms with Gasteiger partial charge in [0.1, 0.15) is 0 Å². The highest BCUT2D eigenvalue weighted by Crippen LogP contribution is 2.21. The molecule has 2 unspecified atom stereocenters. The van der Waals surface area contributed by atoms with Crippen molar-refractivity contribution in [3.8, 4) is 0 Å². The number of hydrogen-bond donors (Lipinski definition) is 2. The van der Waals surface area contributed by atoms with Gasteiger partial charge in [0.15, 0.2) is 0 Å². The summed E-state index contributed by atoms with van der Waals surface area (Å²) in [5.41, 5.74) is 0. The first-order valence-electron chi connectivity index (χ1n) is 6.80. The van der Waals surface area contributed by atoms with Gasteiger partial charge in [0.25, 0.3) is 0 Å². The summed E-state index contributed by atoms with van der Waals surface area (Å²) in [6, 6.07) is 0.647. The Kier molecular flexibility index (Phi) is 7.01. The Bertz CT molecular complexity index is 159. The zero-order valence-corrected chi connectivity index (χ0v) is 10.9. The third-order valence-electron chi connectivity index (χ3n) is 3.62. The first kappa shape index (κ1) is 13.9. The van der Waals surface area contributed by atoms with Gasteiger partial charge in [0.05, 0.1) is 0 Å². The Morgan fingerprint density at radius 1 is 1.31 bits per heavy atom. The monoisotopic (exact) mass is 228 g/mol. The predicted octanol–water partition coefficient (Wildman–Crippen LogP) is 1.47. The van der Waals surface area contributed by atoms with Crippen LogP contribution in [0.15, 0.2) is 0 Å². The van der Waals surface area contributed by atoms with Crippen LogP contribution in [0.25, 0.3) is 0 Å². The van der Waals surface area contributed by atoms with Gasteiger partial charge in [-0.1, -0.05) is 13.3 Å². The van der Waals surface area contributed by atoms with Crippen molar-refractivity contribution in [2.45, 2.75) is 45.1 Å². The van der Waals surface area contributed by atoms with E-state index in [-0.39, 0.29) is 0 Å². The van der Waals surface area contributed by atoms with Gasteiger partial charge in [0, 0.05) is 25.7 Å². The van der Waals surface area contributed by atoms with Crippen LogP contribution in [-0.4, -0.2) is 49.3 Å². The molecule has 2 atom stereocenters. The zero-order valence-electron chi connectivity index (χ0n) is 10.9. The van der Waals surface area contributed by atoms with Crippen molar-refractivity contribution in [2.75, 3.05) is 33.3 Å². The van der Waals surface area contributed by atoms with Crippen molar-refractivity contribution >= 4 is 0 Å². The van der Waals surface area contributed by atoms with E-state index in [1.54, 1.807) is 0 Å².